The van der Waals surface area contributed by atoms with Crippen molar-refractivity contribution in [1.29, 1.82) is 0 Å². The number of aliphatic carboxylic acids is 1. The summed E-state index contributed by atoms with van der Waals surface area (Å²) >= 11 is 0. The Labute approximate surface area is 402 Å². The van der Waals surface area contributed by atoms with Crippen LogP contribution < -0.4 is 0 Å². The largest absolute Gasteiger partial charge is 0.477 e. The zero-order chi connectivity index (χ0) is 47.7. The Morgan fingerprint density at radius 1 is 0.462 bits per heavy atom. The fourth-order valence-electron chi connectivity index (χ4n) is 8.33. The first kappa shape index (κ1) is 62.5. The number of allylic oxidation sites excluding steroid dienone is 6. The van der Waals surface area contributed by atoms with Crippen LogP contribution in [0.25, 0.3) is 0 Å². The number of unbranched alkanes of at least 4 members (excludes halogenated alkanes) is 32. The second-order valence-electron chi connectivity index (χ2n) is 19.9. The number of carboxylic acid groups (broad SMARTS) is 1. The molecule has 0 saturated heterocycles. The highest BCUT2D eigenvalue weighted by Gasteiger charge is 2.31. The molecule has 0 aromatic carbocycles. The maximum absolute atomic E-state index is 12.8. The van der Waals surface area contributed by atoms with Gasteiger partial charge in [-0.15, -0.1) is 0 Å². The third-order valence-electron chi connectivity index (χ3n) is 12.6. The zero-order valence-corrected chi connectivity index (χ0v) is 43.5. The predicted octanol–water partition coefficient (Wildman–Crippen LogP) is 16.1. The molecule has 0 heterocycles. The van der Waals surface area contributed by atoms with Crippen LogP contribution in [0.15, 0.2) is 36.5 Å². The average Bonchev–Trinajstić information content (AvgIpc) is 3.27. The maximum atomic E-state index is 12.8. The van der Waals surface area contributed by atoms with Gasteiger partial charge in [0, 0.05) is 19.3 Å². The first-order valence-corrected chi connectivity index (χ1v) is 27.6. The van der Waals surface area contributed by atoms with Crippen molar-refractivity contribution >= 4 is 17.9 Å². The van der Waals surface area contributed by atoms with Gasteiger partial charge in [-0.1, -0.05) is 237 Å². The lowest BCUT2D eigenvalue weighted by Crippen LogP contribution is -2.50. The van der Waals surface area contributed by atoms with Gasteiger partial charge < -0.3 is 23.8 Å². The van der Waals surface area contributed by atoms with Gasteiger partial charge in [-0.2, -0.15) is 0 Å². The first-order chi connectivity index (χ1) is 31.6. The van der Waals surface area contributed by atoms with Crippen LogP contribution in [-0.2, 0) is 28.6 Å². The summed E-state index contributed by atoms with van der Waals surface area (Å²) < 4.78 is 17.4. The number of hydrogen-bond donors (Lipinski definition) is 1. The minimum absolute atomic E-state index is 0.0556. The number of rotatable bonds is 50. The van der Waals surface area contributed by atoms with E-state index in [9.17, 15) is 19.5 Å². The van der Waals surface area contributed by atoms with Crippen LogP contribution in [0.1, 0.15) is 258 Å². The highest BCUT2D eigenvalue weighted by atomic mass is 16.6. The molecule has 2 unspecified atom stereocenters. The molecular weight excluding hydrogens is 811 g/mol. The molecule has 0 aliphatic heterocycles. The third kappa shape index (κ3) is 46.4. The van der Waals surface area contributed by atoms with Crippen molar-refractivity contribution in [2.24, 2.45) is 0 Å². The summed E-state index contributed by atoms with van der Waals surface area (Å²) in [5.41, 5.74) is 0. The summed E-state index contributed by atoms with van der Waals surface area (Å²) in [6.07, 6.45) is 57.7. The molecule has 1 N–H and O–H groups in total. The topological polar surface area (TPSA) is 99.1 Å². The quantitative estimate of drug-likeness (QED) is 0.0281. The van der Waals surface area contributed by atoms with Crippen LogP contribution in [0.3, 0.4) is 0 Å². The van der Waals surface area contributed by atoms with Gasteiger partial charge in [-0.25, -0.2) is 4.79 Å². The lowest BCUT2D eigenvalue weighted by atomic mass is 10.0. The molecule has 0 aromatic rings. The van der Waals surface area contributed by atoms with E-state index in [-0.39, 0.29) is 36.2 Å². The van der Waals surface area contributed by atoms with Crippen molar-refractivity contribution < 1.29 is 38.2 Å². The number of nitrogens with zero attached hydrogens (tertiary/aromatic N) is 1. The lowest BCUT2D eigenvalue weighted by molar-refractivity contribution is -0.887. The normalized spacial score (nSPS) is 13.1. The summed E-state index contributed by atoms with van der Waals surface area (Å²) in [6.45, 7) is 4.74. The number of carboxylic acids is 1. The number of ether oxygens (including phenoxy) is 3. The molecule has 380 valence electrons. The molecule has 0 fully saturated rings. The highest BCUT2D eigenvalue weighted by molar-refractivity contribution is 5.72. The van der Waals surface area contributed by atoms with E-state index in [1.165, 1.54) is 161 Å². The van der Waals surface area contributed by atoms with Gasteiger partial charge in [0.1, 0.15) is 6.61 Å². The Balaban J connectivity index is 4.19. The van der Waals surface area contributed by atoms with E-state index in [0.29, 0.717) is 19.3 Å². The van der Waals surface area contributed by atoms with Crippen LogP contribution in [-0.4, -0.2) is 80.6 Å². The van der Waals surface area contributed by atoms with Crippen molar-refractivity contribution in [2.75, 3.05) is 41.0 Å². The summed E-state index contributed by atoms with van der Waals surface area (Å²) in [5.74, 6) is -1.48. The van der Waals surface area contributed by atoms with E-state index < -0.39 is 18.1 Å². The number of carbonyl (C=O) groups is 3. The number of quaternary nitrogens is 1. The van der Waals surface area contributed by atoms with Gasteiger partial charge in [0.05, 0.1) is 34.4 Å². The molecular formula is C57H106NO7+. The molecule has 0 amide bonds. The minimum atomic E-state index is -0.876. The zero-order valence-electron chi connectivity index (χ0n) is 43.5. The summed E-state index contributed by atoms with van der Waals surface area (Å²) in [7, 11) is 5.54. The van der Waals surface area contributed by atoms with Crippen LogP contribution in [0.5, 0.6) is 0 Å². The minimum Gasteiger partial charge on any atom is -0.477 e. The second kappa shape index (κ2) is 48.0. The Kier molecular flexibility index (Phi) is 46.2. The number of hydrogen-bond acceptors (Lipinski definition) is 6. The fourth-order valence-corrected chi connectivity index (χ4v) is 8.33. The molecule has 0 aromatic heterocycles. The second-order valence-corrected chi connectivity index (χ2v) is 19.9. The highest BCUT2D eigenvalue weighted by Crippen LogP contribution is 2.17. The van der Waals surface area contributed by atoms with Gasteiger partial charge in [0.15, 0.2) is 12.1 Å². The summed E-state index contributed by atoms with van der Waals surface area (Å²) in [5, 5.41) is 9.66. The Morgan fingerprint density at radius 3 is 1.18 bits per heavy atom. The standard InChI is InChI=1S/C57H105NO7/c1-6-8-10-12-14-16-18-20-22-24-26-27-28-29-30-32-33-35-37-39-41-43-45-47-55(59)64-52-53(51-63-50-49-54(57(61)62)58(3,4)5)65-56(60)48-46-44-42-40-38-36-34-31-25-23-21-19-17-15-13-11-9-7-2/h19,21,23,25,31,34,53-54H,6-18,20,22,24,26-30,32-33,35-52H2,1-5H3/p+1/b21-19+,25-23+,34-31+. The van der Waals surface area contributed by atoms with E-state index in [1.807, 2.05) is 21.1 Å². The van der Waals surface area contributed by atoms with E-state index >= 15 is 0 Å². The monoisotopic (exact) mass is 917 g/mol. The average molecular weight is 917 g/mol. The van der Waals surface area contributed by atoms with Crippen molar-refractivity contribution in [2.45, 2.75) is 270 Å². The van der Waals surface area contributed by atoms with Gasteiger partial charge in [-0.05, 0) is 38.5 Å². The Bertz CT molecular complexity index is 1160. The van der Waals surface area contributed by atoms with Gasteiger partial charge in [0.2, 0.25) is 0 Å². The van der Waals surface area contributed by atoms with Crippen molar-refractivity contribution in [3.63, 3.8) is 0 Å². The van der Waals surface area contributed by atoms with Crippen LogP contribution >= 0.6 is 0 Å². The molecule has 0 bridgehead atoms. The van der Waals surface area contributed by atoms with Gasteiger partial charge in [-0.3, -0.25) is 9.59 Å². The van der Waals surface area contributed by atoms with Gasteiger partial charge >= 0.3 is 17.9 Å². The van der Waals surface area contributed by atoms with Crippen LogP contribution in [0, 0.1) is 0 Å². The fraction of sp³-hybridized carbons (Fsp3) is 0.842. The van der Waals surface area contributed by atoms with Crippen LogP contribution in [0.2, 0.25) is 0 Å². The molecule has 0 aliphatic rings. The lowest BCUT2D eigenvalue weighted by Gasteiger charge is -2.31. The third-order valence-corrected chi connectivity index (χ3v) is 12.6. The summed E-state index contributed by atoms with van der Waals surface area (Å²) in [4.78, 5) is 37.2. The molecule has 0 spiro atoms. The van der Waals surface area contributed by atoms with E-state index in [4.69, 9.17) is 14.2 Å². The number of likely N-dealkylation sites (N-methyl/N-ethyl adjacent to an activating group) is 1. The Morgan fingerprint density at radius 2 is 0.815 bits per heavy atom. The van der Waals surface area contributed by atoms with Crippen molar-refractivity contribution in [3.8, 4) is 0 Å². The first-order valence-electron chi connectivity index (χ1n) is 27.6. The SMILES string of the molecule is CCCCCCC/C=C/C=C/C=C/CCCCCCCC(=O)OC(COCCC(C(=O)O)[N+](C)(C)C)COC(=O)CCCCCCCCCCCCCCCCCCCCCCCCC. The van der Waals surface area contributed by atoms with Crippen molar-refractivity contribution in [1.82, 2.24) is 0 Å². The van der Waals surface area contributed by atoms with E-state index in [2.05, 4.69) is 50.3 Å². The molecule has 0 aliphatic carbocycles. The number of carbonyl (C=O) groups excluding carboxylic acids is 2. The molecule has 2 atom stereocenters. The maximum Gasteiger partial charge on any atom is 0.362 e. The van der Waals surface area contributed by atoms with Crippen LogP contribution in [0.4, 0.5) is 0 Å². The van der Waals surface area contributed by atoms with E-state index in [1.54, 1.807) is 0 Å². The summed E-state index contributed by atoms with van der Waals surface area (Å²) in [6, 6.07) is -0.618. The Hall–Kier alpha value is -2.45. The number of esters is 2. The van der Waals surface area contributed by atoms with Crippen molar-refractivity contribution in [3.05, 3.63) is 36.5 Å². The molecule has 0 saturated carbocycles. The van der Waals surface area contributed by atoms with E-state index in [0.717, 1.165) is 64.2 Å². The molecule has 0 rings (SSSR count). The smallest absolute Gasteiger partial charge is 0.362 e. The molecule has 8 heteroatoms. The molecule has 8 nitrogen and oxygen atoms in total. The predicted molar refractivity (Wildman–Crippen MR) is 275 cm³/mol. The molecule has 65 heavy (non-hydrogen) atoms. The molecule has 0 radical (unpaired) electrons. The van der Waals surface area contributed by atoms with Gasteiger partial charge in [0.25, 0.3) is 0 Å².